The summed E-state index contributed by atoms with van der Waals surface area (Å²) >= 11 is 3.20. The lowest BCUT2D eigenvalue weighted by Crippen LogP contribution is -2.15. The first-order chi connectivity index (χ1) is 8.99. The number of hydrogen-bond acceptors (Lipinski definition) is 2. The number of aryl methyl sites for hydroxylation is 1. The van der Waals surface area contributed by atoms with Gasteiger partial charge in [0.15, 0.2) is 0 Å². The number of hydrogen-bond donors (Lipinski definition) is 2. The predicted molar refractivity (Wildman–Crippen MR) is 77.6 cm³/mol. The van der Waals surface area contributed by atoms with Gasteiger partial charge in [0.25, 0.3) is 5.91 Å². The largest absolute Gasteiger partial charge is 0.398 e. The molecule has 0 spiro atoms. The molecule has 0 aliphatic carbocycles. The summed E-state index contributed by atoms with van der Waals surface area (Å²) in [5.74, 6) is -0.944. The van der Waals surface area contributed by atoms with E-state index in [9.17, 15) is 9.18 Å². The normalized spacial score (nSPS) is 10.3. The first-order valence-electron chi connectivity index (χ1n) is 5.60. The van der Waals surface area contributed by atoms with Gasteiger partial charge < -0.3 is 11.1 Å². The maximum Gasteiger partial charge on any atom is 0.257 e. The Morgan fingerprint density at radius 1 is 1.32 bits per heavy atom. The Hall–Kier alpha value is -1.88. The number of carbonyl (C=O) groups is 1. The Morgan fingerprint density at radius 3 is 2.74 bits per heavy atom. The first kappa shape index (κ1) is 13.5. The summed E-state index contributed by atoms with van der Waals surface area (Å²) in [5, 5.41) is 2.52. The second kappa shape index (κ2) is 5.40. The topological polar surface area (TPSA) is 55.1 Å². The van der Waals surface area contributed by atoms with Crippen molar-refractivity contribution in [1.29, 1.82) is 0 Å². The molecule has 0 bridgehead atoms. The van der Waals surface area contributed by atoms with Gasteiger partial charge in [-0.3, -0.25) is 4.79 Å². The van der Waals surface area contributed by atoms with Crippen LogP contribution in [0.1, 0.15) is 15.9 Å². The summed E-state index contributed by atoms with van der Waals surface area (Å²) in [6, 6.07) is 9.61. The van der Waals surface area contributed by atoms with Crippen molar-refractivity contribution in [2.24, 2.45) is 0 Å². The van der Waals surface area contributed by atoms with Crippen LogP contribution in [0.25, 0.3) is 0 Å². The van der Waals surface area contributed by atoms with Crippen molar-refractivity contribution in [3.05, 3.63) is 57.8 Å². The lowest BCUT2D eigenvalue weighted by molar-refractivity contribution is 0.102. The molecule has 0 saturated carbocycles. The van der Waals surface area contributed by atoms with Crippen LogP contribution in [0.4, 0.5) is 15.8 Å². The fraction of sp³-hybridized carbons (Fsp3) is 0.0714. The van der Waals surface area contributed by atoms with Crippen LogP contribution >= 0.6 is 15.9 Å². The number of nitrogens with two attached hydrogens (primary N) is 1. The second-order valence-electron chi connectivity index (χ2n) is 4.14. The molecule has 0 saturated heterocycles. The minimum absolute atomic E-state index is 0.105. The van der Waals surface area contributed by atoms with E-state index in [-0.39, 0.29) is 5.69 Å². The zero-order chi connectivity index (χ0) is 14.0. The molecule has 19 heavy (non-hydrogen) atoms. The molecule has 98 valence electrons. The summed E-state index contributed by atoms with van der Waals surface area (Å²) in [5.41, 5.74) is 7.45. The standard InChI is InChI=1S/C14H12BrFN2O/c1-8-5-6-12(17)9(7-8)14(19)18-13-10(15)3-2-4-11(13)16/h2-7H,17H2,1H3,(H,18,19). The molecule has 0 aliphatic heterocycles. The number of rotatable bonds is 2. The van der Waals surface area contributed by atoms with Crippen molar-refractivity contribution >= 4 is 33.2 Å². The van der Waals surface area contributed by atoms with E-state index in [1.54, 1.807) is 24.3 Å². The second-order valence-corrected chi connectivity index (χ2v) is 5.00. The smallest absolute Gasteiger partial charge is 0.257 e. The van der Waals surface area contributed by atoms with Crippen LogP contribution in [-0.2, 0) is 0 Å². The summed E-state index contributed by atoms with van der Waals surface area (Å²) in [6.07, 6.45) is 0. The van der Waals surface area contributed by atoms with E-state index < -0.39 is 11.7 Å². The third-order valence-electron chi connectivity index (χ3n) is 2.65. The van der Waals surface area contributed by atoms with E-state index >= 15 is 0 Å². The van der Waals surface area contributed by atoms with Gasteiger partial charge in [0.1, 0.15) is 5.82 Å². The van der Waals surface area contributed by atoms with E-state index in [0.29, 0.717) is 15.7 Å². The summed E-state index contributed by atoms with van der Waals surface area (Å²) in [4.78, 5) is 12.1. The zero-order valence-electron chi connectivity index (χ0n) is 10.2. The van der Waals surface area contributed by atoms with Gasteiger partial charge in [0.05, 0.1) is 11.3 Å². The number of para-hydroxylation sites is 1. The third-order valence-corrected chi connectivity index (χ3v) is 3.32. The molecule has 0 fully saturated rings. The summed E-state index contributed by atoms with van der Waals surface area (Å²) in [6.45, 7) is 1.86. The number of amides is 1. The van der Waals surface area contributed by atoms with Crippen molar-refractivity contribution in [2.45, 2.75) is 6.92 Å². The van der Waals surface area contributed by atoms with Crippen molar-refractivity contribution < 1.29 is 9.18 Å². The van der Waals surface area contributed by atoms with Gasteiger partial charge in [0.2, 0.25) is 0 Å². The average Bonchev–Trinajstić information content (AvgIpc) is 2.37. The molecule has 1 amide bonds. The molecule has 2 rings (SSSR count). The van der Waals surface area contributed by atoms with Crippen LogP contribution in [0.15, 0.2) is 40.9 Å². The van der Waals surface area contributed by atoms with E-state index in [1.807, 2.05) is 13.0 Å². The van der Waals surface area contributed by atoms with Crippen LogP contribution < -0.4 is 11.1 Å². The molecule has 0 atom stereocenters. The third kappa shape index (κ3) is 2.93. The molecule has 0 unspecified atom stereocenters. The maximum absolute atomic E-state index is 13.6. The van der Waals surface area contributed by atoms with Gasteiger partial charge in [-0.1, -0.05) is 17.7 Å². The molecule has 0 aliphatic rings. The molecule has 2 aromatic rings. The minimum atomic E-state index is -0.506. The van der Waals surface area contributed by atoms with Crippen LogP contribution in [0.5, 0.6) is 0 Å². The van der Waals surface area contributed by atoms with E-state index in [0.717, 1.165) is 5.56 Å². The van der Waals surface area contributed by atoms with Crippen LogP contribution in [0, 0.1) is 12.7 Å². The summed E-state index contributed by atoms with van der Waals surface area (Å²) in [7, 11) is 0. The van der Waals surface area contributed by atoms with Gasteiger partial charge in [-0.25, -0.2) is 4.39 Å². The Labute approximate surface area is 118 Å². The highest BCUT2D eigenvalue weighted by Crippen LogP contribution is 2.26. The minimum Gasteiger partial charge on any atom is -0.398 e. The fourth-order valence-electron chi connectivity index (χ4n) is 1.66. The van der Waals surface area contributed by atoms with Gasteiger partial charge >= 0.3 is 0 Å². The lowest BCUT2D eigenvalue weighted by Gasteiger charge is -2.10. The molecule has 0 radical (unpaired) electrons. The predicted octanol–water partition coefficient (Wildman–Crippen LogP) is 3.73. The molecule has 5 heteroatoms. The number of anilines is 2. The number of nitrogens with one attached hydrogen (secondary N) is 1. The molecule has 2 aromatic carbocycles. The monoisotopic (exact) mass is 322 g/mol. The van der Waals surface area contributed by atoms with Gasteiger partial charge in [-0.15, -0.1) is 0 Å². The SMILES string of the molecule is Cc1ccc(N)c(C(=O)Nc2c(F)cccc2Br)c1. The van der Waals surface area contributed by atoms with Crippen molar-refractivity contribution in [2.75, 3.05) is 11.1 Å². The Balaban J connectivity index is 2.34. The quantitative estimate of drug-likeness (QED) is 0.828. The Bertz CT molecular complexity index is 623. The van der Waals surface area contributed by atoms with E-state index in [1.165, 1.54) is 6.07 Å². The zero-order valence-corrected chi connectivity index (χ0v) is 11.8. The van der Waals surface area contributed by atoms with Gasteiger partial charge in [0, 0.05) is 10.2 Å². The van der Waals surface area contributed by atoms with Crippen LogP contribution in [0.3, 0.4) is 0 Å². The number of halogens is 2. The van der Waals surface area contributed by atoms with Gasteiger partial charge in [-0.05, 0) is 47.1 Å². The fourth-order valence-corrected chi connectivity index (χ4v) is 2.11. The number of nitrogen functional groups attached to an aromatic ring is 1. The van der Waals surface area contributed by atoms with E-state index in [4.69, 9.17) is 5.73 Å². The van der Waals surface area contributed by atoms with Crippen molar-refractivity contribution in [1.82, 2.24) is 0 Å². The Morgan fingerprint density at radius 2 is 2.05 bits per heavy atom. The van der Waals surface area contributed by atoms with Gasteiger partial charge in [-0.2, -0.15) is 0 Å². The van der Waals surface area contributed by atoms with E-state index in [2.05, 4.69) is 21.2 Å². The molecule has 3 nitrogen and oxygen atoms in total. The molecule has 3 N–H and O–H groups in total. The average molecular weight is 323 g/mol. The molecular formula is C14H12BrFN2O. The summed E-state index contributed by atoms with van der Waals surface area (Å²) < 4.78 is 14.1. The highest BCUT2D eigenvalue weighted by Gasteiger charge is 2.14. The highest BCUT2D eigenvalue weighted by molar-refractivity contribution is 9.10. The maximum atomic E-state index is 13.6. The van der Waals surface area contributed by atoms with Crippen LogP contribution in [-0.4, -0.2) is 5.91 Å². The highest BCUT2D eigenvalue weighted by atomic mass is 79.9. The van der Waals surface area contributed by atoms with Crippen LogP contribution in [0.2, 0.25) is 0 Å². The number of carbonyl (C=O) groups excluding carboxylic acids is 1. The lowest BCUT2D eigenvalue weighted by atomic mass is 10.1. The van der Waals surface area contributed by atoms with Crippen molar-refractivity contribution in [3.63, 3.8) is 0 Å². The Kier molecular flexibility index (Phi) is 3.85. The van der Waals surface area contributed by atoms with Crippen molar-refractivity contribution in [3.8, 4) is 0 Å². The molecule has 0 aromatic heterocycles. The first-order valence-corrected chi connectivity index (χ1v) is 6.40. The number of benzene rings is 2. The molecular weight excluding hydrogens is 311 g/mol. The molecule has 0 heterocycles.